The van der Waals surface area contributed by atoms with Gasteiger partial charge < -0.3 is 10.6 Å². The van der Waals surface area contributed by atoms with Crippen molar-refractivity contribution < 1.29 is 4.39 Å². The fourth-order valence-corrected chi connectivity index (χ4v) is 3.51. The first-order chi connectivity index (χ1) is 11.3. The van der Waals surface area contributed by atoms with Gasteiger partial charge in [0.1, 0.15) is 10.2 Å². The second-order valence-electron chi connectivity index (χ2n) is 4.75. The fourth-order valence-electron chi connectivity index (χ4n) is 1.87. The van der Waals surface area contributed by atoms with Crippen molar-refractivity contribution >= 4 is 53.0 Å². The first-order valence-corrected chi connectivity index (χ1v) is 9.43. The number of guanidine groups is 1. The number of thioether (sulfide) groups is 1. The maximum Gasteiger partial charge on any atom is 0.191 e. The monoisotopic (exact) mass is 480 g/mol. The molecule has 0 aliphatic carbocycles. The lowest BCUT2D eigenvalue weighted by Crippen LogP contribution is -2.37. The van der Waals surface area contributed by atoms with E-state index in [2.05, 4.69) is 20.6 Å². The molecule has 2 aromatic rings. The third-order valence-electron chi connectivity index (χ3n) is 2.90. The number of nitrogens with zero attached hydrogens (tertiary/aromatic N) is 2. The normalized spacial score (nSPS) is 11.0. The van der Waals surface area contributed by atoms with E-state index < -0.39 is 0 Å². The van der Waals surface area contributed by atoms with Crippen molar-refractivity contribution in [2.75, 3.05) is 18.8 Å². The summed E-state index contributed by atoms with van der Waals surface area (Å²) >= 11 is 3.44. The number of nitrogens with one attached hydrogen (secondary N) is 2. The van der Waals surface area contributed by atoms with Crippen molar-refractivity contribution in [1.29, 1.82) is 0 Å². The number of halogens is 2. The fraction of sp³-hybridized carbons (Fsp3) is 0.375. The first-order valence-electron chi connectivity index (χ1n) is 7.57. The maximum absolute atomic E-state index is 13.2. The minimum atomic E-state index is -0.227. The van der Waals surface area contributed by atoms with Crippen LogP contribution in [0.1, 0.15) is 18.9 Å². The molecule has 2 rings (SSSR count). The lowest BCUT2D eigenvalue weighted by molar-refractivity contribution is 0.625. The van der Waals surface area contributed by atoms with Gasteiger partial charge in [-0.2, -0.15) is 0 Å². The van der Waals surface area contributed by atoms with Gasteiger partial charge in [-0.3, -0.25) is 0 Å². The number of thiazole rings is 1. The Morgan fingerprint density at radius 3 is 2.96 bits per heavy atom. The van der Waals surface area contributed by atoms with Crippen LogP contribution in [-0.4, -0.2) is 29.8 Å². The summed E-state index contributed by atoms with van der Waals surface area (Å²) in [5.41, 5.74) is 0.863. The molecule has 2 N–H and O–H groups in total. The van der Waals surface area contributed by atoms with E-state index in [1.807, 2.05) is 24.6 Å². The molecule has 1 aromatic heterocycles. The Kier molecular flexibility index (Phi) is 11.0. The van der Waals surface area contributed by atoms with E-state index in [0.29, 0.717) is 6.54 Å². The molecular formula is C16H22FIN4S2. The number of hydrogen-bond donors (Lipinski definition) is 2. The van der Waals surface area contributed by atoms with Gasteiger partial charge in [0.25, 0.3) is 0 Å². The molecule has 0 saturated heterocycles. The summed E-state index contributed by atoms with van der Waals surface area (Å²) in [5.74, 6) is 1.55. The largest absolute Gasteiger partial charge is 0.357 e. The molecule has 0 unspecified atom stereocenters. The highest BCUT2D eigenvalue weighted by molar-refractivity contribution is 14.0. The summed E-state index contributed by atoms with van der Waals surface area (Å²) in [6.07, 6.45) is 2.85. The van der Waals surface area contributed by atoms with Crippen molar-refractivity contribution in [2.24, 2.45) is 4.99 Å². The van der Waals surface area contributed by atoms with Gasteiger partial charge >= 0.3 is 0 Å². The number of aromatic nitrogens is 1. The molecule has 132 valence electrons. The summed E-state index contributed by atoms with van der Waals surface area (Å²) in [7, 11) is 0. The summed E-state index contributed by atoms with van der Waals surface area (Å²) in [6.45, 7) is 4.12. The average molecular weight is 480 g/mol. The molecule has 0 atom stereocenters. The van der Waals surface area contributed by atoms with Gasteiger partial charge in [0, 0.05) is 30.4 Å². The number of hydrogen-bond acceptors (Lipinski definition) is 4. The van der Waals surface area contributed by atoms with E-state index in [9.17, 15) is 4.39 Å². The summed E-state index contributed by atoms with van der Waals surface area (Å²) in [4.78, 5) is 8.73. The highest BCUT2D eigenvalue weighted by Gasteiger charge is 2.00. The van der Waals surface area contributed by atoms with E-state index in [0.717, 1.165) is 41.1 Å². The Morgan fingerprint density at radius 1 is 1.38 bits per heavy atom. The predicted molar refractivity (Wildman–Crippen MR) is 112 cm³/mol. The van der Waals surface area contributed by atoms with Crippen molar-refractivity contribution in [3.63, 3.8) is 0 Å². The molecule has 8 heteroatoms. The third-order valence-corrected chi connectivity index (χ3v) is 4.95. The number of rotatable bonds is 8. The quantitative estimate of drug-likeness (QED) is 0.196. The molecule has 0 aliphatic heterocycles. The summed E-state index contributed by atoms with van der Waals surface area (Å²) in [5, 5.41) is 8.49. The molecular weight excluding hydrogens is 458 g/mol. The van der Waals surface area contributed by atoms with E-state index in [1.54, 1.807) is 29.2 Å². The Labute approximate surface area is 167 Å². The van der Waals surface area contributed by atoms with Crippen LogP contribution in [0.15, 0.2) is 45.2 Å². The van der Waals surface area contributed by atoms with Crippen molar-refractivity contribution in [1.82, 2.24) is 15.6 Å². The molecule has 0 fully saturated rings. The second kappa shape index (κ2) is 12.5. The van der Waals surface area contributed by atoms with Crippen molar-refractivity contribution in [3.05, 3.63) is 47.2 Å². The van der Waals surface area contributed by atoms with Crippen molar-refractivity contribution in [3.8, 4) is 0 Å². The minimum Gasteiger partial charge on any atom is -0.357 e. The van der Waals surface area contributed by atoms with Gasteiger partial charge in [-0.15, -0.1) is 35.3 Å². The standard InChI is InChI=1S/C16H21FN4S2.HI/c1-2-18-15(21-12-13-5-3-6-14(17)11-13)19-7-4-9-22-16-20-8-10-23-16;/h3,5-6,8,10-11H,2,4,7,9,12H2,1H3,(H2,18,19,21);1H. The lowest BCUT2D eigenvalue weighted by Gasteiger charge is -2.11. The van der Waals surface area contributed by atoms with Crippen LogP contribution in [0.25, 0.3) is 0 Å². The molecule has 0 aliphatic rings. The van der Waals surface area contributed by atoms with Gasteiger partial charge in [0.05, 0.1) is 6.54 Å². The average Bonchev–Trinajstić information content (AvgIpc) is 3.05. The van der Waals surface area contributed by atoms with Gasteiger partial charge in [-0.1, -0.05) is 23.9 Å². The van der Waals surface area contributed by atoms with Gasteiger partial charge in [-0.25, -0.2) is 14.4 Å². The number of benzene rings is 1. The Bertz CT molecular complexity index is 608. The van der Waals surface area contributed by atoms with Gasteiger partial charge in [0.15, 0.2) is 5.96 Å². The zero-order valence-corrected chi connectivity index (χ0v) is 17.5. The van der Waals surface area contributed by atoms with E-state index >= 15 is 0 Å². The van der Waals surface area contributed by atoms with Crippen molar-refractivity contribution in [2.45, 2.75) is 24.2 Å². The lowest BCUT2D eigenvalue weighted by atomic mass is 10.2. The molecule has 0 amide bonds. The Balaban J connectivity index is 0.00000288. The van der Waals surface area contributed by atoms with Crippen LogP contribution in [0, 0.1) is 5.82 Å². The van der Waals surface area contributed by atoms with E-state index in [-0.39, 0.29) is 29.8 Å². The molecule has 24 heavy (non-hydrogen) atoms. The predicted octanol–water partition coefficient (Wildman–Crippen LogP) is 4.14. The Morgan fingerprint density at radius 2 is 2.25 bits per heavy atom. The molecule has 1 aromatic carbocycles. The Hall–Kier alpha value is -0.870. The summed E-state index contributed by atoms with van der Waals surface area (Å²) in [6, 6.07) is 6.53. The molecule has 0 bridgehead atoms. The first kappa shape index (κ1) is 21.2. The topological polar surface area (TPSA) is 49.3 Å². The van der Waals surface area contributed by atoms with Crippen LogP contribution in [-0.2, 0) is 6.54 Å². The zero-order valence-electron chi connectivity index (χ0n) is 13.5. The van der Waals surface area contributed by atoms with Crippen LogP contribution in [0.3, 0.4) is 0 Å². The third kappa shape index (κ3) is 8.29. The van der Waals surface area contributed by atoms with Crippen LogP contribution in [0.4, 0.5) is 4.39 Å². The molecule has 0 spiro atoms. The van der Waals surface area contributed by atoms with E-state index in [4.69, 9.17) is 0 Å². The van der Waals surface area contributed by atoms with Crippen LogP contribution < -0.4 is 10.6 Å². The SMILES string of the molecule is CCNC(=NCc1cccc(F)c1)NCCCSc1nccs1.I. The molecule has 4 nitrogen and oxygen atoms in total. The molecule has 1 heterocycles. The second-order valence-corrected chi connectivity index (χ2v) is 6.99. The van der Waals surface area contributed by atoms with Gasteiger partial charge in [0.2, 0.25) is 0 Å². The smallest absolute Gasteiger partial charge is 0.191 e. The summed E-state index contributed by atoms with van der Waals surface area (Å²) < 4.78 is 14.3. The van der Waals surface area contributed by atoms with Crippen LogP contribution >= 0.6 is 47.1 Å². The van der Waals surface area contributed by atoms with Gasteiger partial charge in [-0.05, 0) is 31.0 Å². The highest BCUT2D eigenvalue weighted by atomic mass is 127. The van der Waals surface area contributed by atoms with E-state index in [1.165, 1.54) is 12.1 Å². The molecule has 0 radical (unpaired) electrons. The van der Waals surface area contributed by atoms with Crippen LogP contribution in [0.5, 0.6) is 0 Å². The molecule has 0 saturated carbocycles. The minimum absolute atomic E-state index is 0. The van der Waals surface area contributed by atoms with Crippen LogP contribution in [0.2, 0.25) is 0 Å². The maximum atomic E-state index is 13.2. The zero-order chi connectivity index (χ0) is 16.3. The number of aliphatic imine (C=N–C) groups is 1. The highest BCUT2D eigenvalue weighted by Crippen LogP contribution is 2.20.